The third-order valence-electron chi connectivity index (χ3n) is 5.30. The molecule has 2 aromatic carbocycles. The van der Waals surface area contributed by atoms with Gasteiger partial charge in [-0.25, -0.2) is 8.42 Å². The van der Waals surface area contributed by atoms with Gasteiger partial charge >= 0.3 is 0 Å². The second-order valence-corrected chi connectivity index (χ2v) is 9.62. The summed E-state index contributed by atoms with van der Waals surface area (Å²) >= 11 is 0. The van der Waals surface area contributed by atoms with E-state index in [0.717, 1.165) is 24.0 Å². The van der Waals surface area contributed by atoms with Crippen LogP contribution in [0.5, 0.6) is 0 Å². The van der Waals surface area contributed by atoms with E-state index in [1.165, 1.54) is 0 Å². The second kappa shape index (κ2) is 9.73. The molecule has 0 spiro atoms. The van der Waals surface area contributed by atoms with Gasteiger partial charge in [0.05, 0.1) is 11.0 Å². The van der Waals surface area contributed by atoms with Gasteiger partial charge in [0, 0.05) is 13.2 Å². The largest absolute Gasteiger partial charge is 0.376 e. The van der Waals surface area contributed by atoms with Gasteiger partial charge in [0.25, 0.3) is 0 Å². The van der Waals surface area contributed by atoms with Crippen molar-refractivity contribution in [2.45, 2.75) is 57.1 Å². The van der Waals surface area contributed by atoms with Crippen molar-refractivity contribution in [2.24, 2.45) is 0 Å². The zero-order chi connectivity index (χ0) is 21.7. The summed E-state index contributed by atoms with van der Waals surface area (Å²) in [5, 5.41) is 2.87. The number of aryl methyl sites for hydroxylation is 3. The minimum atomic E-state index is -3.88. The van der Waals surface area contributed by atoms with Gasteiger partial charge in [-0.2, -0.15) is 4.72 Å². The van der Waals surface area contributed by atoms with Gasteiger partial charge in [0.2, 0.25) is 15.9 Å². The number of rotatable bonds is 8. The van der Waals surface area contributed by atoms with E-state index in [2.05, 4.69) is 10.0 Å². The molecular formula is C23H30N2O4S. The Hall–Kier alpha value is -2.22. The first kappa shape index (κ1) is 22.5. The summed E-state index contributed by atoms with van der Waals surface area (Å²) in [6.07, 6.45) is 2.13. The molecular weight excluding hydrogens is 400 g/mol. The predicted molar refractivity (Wildman–Crippen MR) is 117 cm³/mol. The van der Waals surface area contributed by atoms with E-state index in [9.17, 15) is 13.2 Å². The third kappa shape index (κ3) is 5.68. The van der Waals surface area contributed by atoms with Crippen molar-refractivity contribution in [1.29, 1.82) is 0 Å². The Bertz CT molecular complexity index is 961. The maximum Gasteiger partial charge on any atom is 0.241 e. The van der Waals surface area contributed by atoms with E-state index in [-0.39, 0.29) is 23.3 Å². The lowest BCUT2D eigenvalue weighted by Crippen LogP contribution is -2.49. The molecule has 1 amide bonds. The quantitative estimate of drug-likeness (QED) is 0.675. The molecule has 2 aromatic rings. The van der Waals surface area contributed by atoms with Crippen LogP contribution in [-0.4, -0.2) is 39.6 Å². The maximum atomic E-state index is 13.2. The van der Waals surface area contributed by atoms with Crippen LogP contribution in [0.15, 0.2) is 47.4 Å². The minimum absolute atomic E-state index is 0.00970. The van der Waals surface area contributed by atoms with E-state index >= 15 is 0 Å². The number of benzene rings is 2. The molecule has 2 N–H and O–H groups in total. The van der Waals surface area contributed by atoms with Gasteiger partial charge in [0.15, 0.2) is 0 Å². The lowest BCUT2D eigenvalue weighted by molar-refractivity contribution is -0.123. The van der Waals surface area contributed by atoms with Crippen LogP contribution in [0, 0.1) is 20.8 Å². The number of sulfonamides is 1. The van der Waals surface area contributed by atoms with Gasteiger partial charge in [-0.3, -0.25) is 4.79 Å². The van der Waals surface area contributed by atoms with Crippen LogP contribution in [-0.2, 0) is 26.0 Å². The fourth-order valence-corrected chi connectivity index (χ4v) is 5.67. The first-order valence-electron chi connectivity index (χ1n) is 10.3. The summed E-state index contributed by atoms with van der Waals surface area (Å²) < 4.78 is 34.7. The molecule has 0 aliphatic carbocycles. The predicted octanol–water partition coefficient (Wildman–Crippen LogP) is 2.80. The highest BCUT2D eigenvalue weighted by atomic mass is 32.2. The normalized spacial score (nSPS) is 17.6. The van der Waals surface area contributed by atoms with Crippen molar-refractivity contribution in [1.82, 2.24) is 10.0 Å². The Morgan fingerprint density at radius 3 is 2.40 bits per heavy atom. The van der Waals surface area contributed by atoms with Crippen LogP contribution in [0.4, 0.5) is 0 Å². The molecule has 1 fully saturated rings. The molecule has 7 heteroatoms. The van der Waals surface area contributed by atoms with Crippen LogP contribution >= 0.6 is 0 Å². The Balaban J connectivity index is 1.82. The monoisotopic (exact) mass is 430 g/mol. The highest BCUT2D eigenvalue weighted by Gasteiger charge is 2.29. The number of carbonyl (C=O) groups is 1. The SMILES string of the molecule is Cc1cc(C)c(S(=O)(=O)N[C@H](Cc2ccccc2)C(=O)NC[C@H]2CCCO2)c(C)c1. The van der Waals surface area contributed by atoms with Gasteiger partial charge in [-0.05, 0) is 56.7 Å². The van der Waals surface area contributed by atoms with Gasteiger partial charge < -0.3 is 10.1 Å². The van der Waals surface area contributed by atoms with Crippen LogP contribution in [0.1, 0.15) is 35.1 Å². The highest BCUT2D eigenvalue weighted by Crippen LogP contribution is 2.22. The molecule has 1 heterocycles. The van der Waals surface area contributed by atoms with Crippen molar-refractivity contribution >= 4 is 15.9 Å². The maximum absolute atomic E-state index is 13.2. The molecule has 2 atom stereocenters. The molecule has 1 saturated heterocycles. The van der Waals surface area contributed by atoms with Crippen molar-refractivity contribution < 1.29 is 17.9 Å². The molecule has 0 unspecified atom stereocenters. The zero-order valence-corrected chi connectivity index (χ0v) is 18.6. The van der Waals surface area contributed by atoms with Crippen molar-refractivity contribution in [3.63, 3.8) is 0 Å². The molecule has 0 saturated carbocycles. The molecule has 30 heavy (non-hydrogen) atoms. The number of hydrogen-bond acceptors (Lipinski definition) is 4. The van der Waals surface area contributed by atoms with E-state index in [1.54, 1.807) is 13.8 Å². The number of amides is 1. The molecule has 3 rings (SSSR count). The zero-order valence-electron chi connectivity index (χ0n) is 17.8. The van der Waals surface area contributed by atoms with E-state index in [0.29, 0.717) is 24.3 Å². The Morgan fingerprint density at radius 1 is 1.13 bits per heavy atom. The van der Waals surface area contributed by atoms with Crippen molar-refractivity contribution in [3.05, 3.63) is 64.7 Å². The number of hydrogen-bond donors (Lipinski definition) is 2. The summed E-state index contributed by atoms with van der Waals surface area (Å²) in [5.74, 6) is -0.347. The number of nitrogens with one attached hydrogen (secondary N) is 2. The molecule has 0 bridgehead atoms. The van der Waals surface area contributed by atoms with E-state index in [4.69, 9.17) is 4.74 Å². The molecule has 0 aromatic heterocycles. The average Bonchev–Trinajstić information content (AvgIpc) is 3.18. The van der Waals surface area contributed by atoms with E-state index in [1.807, 2.05) is 49.4 Å². The van der Waals surface area contributed by atoms with Crippen LogP contribution in [0.3, 0.4) is 0 Å². The summed E-state index contributed by atoms with van der Waals surface area (Å²) in [4.78, 5) is 13.2. The van der Waals surface area contributed by atoms with Gasteiger partial charge in [0.1, 0.15) is 6.04 Å². The Kier molecular flexibility index (Phi) is 7.28. The summed E-state index contributed by atoms with van der Waals surface area (Å²) in [6, 6.07) is 12.2. The topological polar surface area (TPSA) is 84.5 Å². The highest BCUT2D eigenvalue weighted by molar-refractivity contribution is 7.89. The van der Waals surface area contributed by atoms with Crippen LogP contribution < -0.4 is 10.0 Å². The standard InChI is InChI=1S/C23H30N2O4S/c1-16-12-17(2)22(18(3)13-16)30(27,28)25-21(14-19-8-5-4-6-9-19)23(26)24-15-20-10-7-11-29-20/h4-6,8-9,12-13,20-21,25H,7,10-11,14-15H2,1-3H3,(H,24,26)/t20-,21-/m1/s1. The number of ether oxygens (including phenoxy) is 1. The Labute approximate surface area is 179 Å². The van der Waals surface area contributed by atoms with Crippen LogP contribution in [0.25, 0.3) is 0 Å². The molecule has 1 aliphatic heterocycles. The first-order chi connectivity index (χ1) is 14.3. The Morgan fingerprint density at radius 2 is 1.80 bits per heavy atom. The fraction of sp³-hybridized carbons (Fsp3) is 0.435. The van der Waals surface area contributed by atoms with Crippen LogP contribution in [0.2, 0.25) is 0 Å². The summed E-state index contributed by atoms with van der Waals surface area (Å²) in [7, 11) is -3.88. The lowest BCUT2D eigenvalue weighted by Gasteiger charge is -2.21. The van der Waals surface area contributed by atoms with Gasteiger partial charge in [-0.15, -0.1) is 0 Å². The van der Waals surface area contributed by atoms with Crippen molar-refractivity contribution in [3.8, 4) is 0 Å². The van der Waals surface area contributed by atoms with E-state index < -0.39 is 16.1 Å². The third-order valence-corrected chi connectivity index (χ3v) is 7.07. The molecule has 6 nitrogen and oxygen atoms in total. The fourth-order valence-electron chi connectivity index (χ4n) is 4.02. The van der Waals surface area contributed by atoms with Crippen molar-refractivity contribution in [2.75, 3.05) is 13.2 Å². The summed E-state index contributed by atoms with van der Waals surface area (Å²) in [5.41, 5.74) is 3.21. The smallest absolute Gasteiger partial charge is 0.241 e. The second-order valence-electron chi connectivity index (χ2n) is 7.97. The molecule has 0 radical (unpaired) electrons. The summed E-state index contributed by atoms with van der Waals surface area (Å²) in [6.45, 7) is 6.57. The average molecular weight is 431 g/mol. The number of carbonyl (C=O) groups excluding carboxylic acids is 1. The van der Waals surface area contributed by atoms with Gasteiger partial charge in [-0.1, -0.05) is 48.0 Å². The lowest BCUT2D eigenvalue weighted by atomic mass is 10.1. The first-order valence-corrected chi connectivity index (χ1v) is 11.8. The molecule has 1 aliphatic rings. The molecule has 162 valence electrons. The minimum Gasteiger partial charge on any atom is -0.376 e.